The number of ether oxygens (including phenoxy) is 1. The summed E-state index contributed by atoms with van der Waals surface area (Å²) in [6.07, 6.45) is 0. The summed E-state index contributed by atoms with van der Waals surface area (Å²) in [5.41, 5.74) is 6.61. The first-order valence-electron chi connectivity index (χ1n) is 7.21. The fourth-order valence-corrected chi connectivity index (χ4v) is 2.66. The minimum absolute atomic E-state index is 0.0417. The van der Waals surface area contributed by atoms with E-state index < -0.39 is 0 Å². The molecule has 21 heavy (non-hydrogen) atoms. The molecule has 2 heteroatoms. The maximum absolute atomic E-state index is 12.6. The van der Waals surface area contributed by atoms with E-state index in [4.69, 9.17) is 4.74 Å². The van der Waals surface area contributed by atoms with Crippen molar-refractivity contribution in [3.8, 4) is 5.75 Å². The van der Waals surface area contributed by atoms with Gasteiger partial charge in [-0.05, 0) is 74.6 Å². The van der Waals surface area contributed by atoms with Crippen LogP contribution in [0.5, 0.6) is 5.75 Å². The highest BCUT2D eigenvalue weighted by Crippen LogP contribution is 2.26. The molecule has 2 nitrogen and oxygen atoms in total. The number of carbonyl (C=O) groups is 1. The average molecular weight is 282 g/mol. The first-order valence-corrected chi connectivity index (χ1v) is 7.21. The summed E-state index contributed by atoms with van der Waals surface area (Å²) < 4.78 is 5.59. The highest BCUT2D eigenvalue weighted by atomic mass is 16.5. The first-order chi connectivity index (χ1) is 9.93. The Morgan fingerprint density at radius 3 is 1.81 bits per heavy atom. The lowest BCUT2D eigenvalue weighted by atomic mass is 9.88. The molecule has 2 aromatic carbocycles. The van der Waals surface area contributed by atoms with Crippen LogP contribution in [0, 0.1) is 34.6 Å². The van der Waals surface area contributed by atoms with Crippen LogP contribution in [0.25, 0.3) is 0 Å². The van der Waals surface area contributed by atoms with Crippen molar-refractivity contribution in [2.45, 2.75) is 34.6 Å². The summed E-state index contributed by atoms with van der Waals surface area (Å²) in [6.45, 7) is 10.4. The highest BCUT2D eigenvalue weighted by molar-refractivity contribution is 6.00. The molecule has 0 saturated carbocycles. The largest absolute Gasteiger partial charge is 0.485 e. The Labute approximate surface area is 126 Å². The molecule has 110 valence electrons. The van der Waals surface area contributed by atoms with Crippen molar-refractivity contribution in [3.63, 3.8) is 0 Å². The van der Waals surface area contributed by atoms with Crippen LogP contribution < -0.4 is 4.74 Å². The molecule has 2 rings (SSSR count). The van der Waals surface area contributed by atoms with Crippen LogP contribution in [0.1, 0.15) is 38.2 Å². The van der Waals surface area contributed by atoms with Gasteiger partial charge in [-0.15, -0.1) is 0 Å². The summed E-state index contributed by atoms with van der Waals surface area (Å²) in [5.74, 6) is 0.766. The summed E-state index contributed by atoms with van der Waals surface area (Å²) in [4.78, 5) is 12.6. The molecule has 0 radical (unpaired) electrons. The van der Waals surface area contributed by atoms with Crippen LogP contribution in [0.3, 0.4) is 0 Å². The normalized spacial score (nSPS) is 10.5. The van der Waals surface area contributed by atoms with Gasteiger partial charge in [0.15, 0.2) is 6.61 Å². The second-order valence-corrected chi connectivity index (χ2v) is 5.52. The van der Waals surface area contributed by atoms with Crippen LogP contribution in [0.2, 0.25) is 0 Å². The van der Waals surface area contributed by atoms with Crippen molar-refractivity contribution in [2.24, 2.45) is 0 Å². The second-order valence-electron chi connectivity index (χ2n) is 5.52. The molecule has 0 atom stereocenters. The summed E-state index contributed by atoms with van der Waals surface area (Å²) in [5, 5.41) is 0. The van der Waals surface area contributed by atoms with Crippen molar-refractivity contribution in [1.29, 1.82) is 0 Å². The number of hydrogen-bond acceptors (Lipinski definition) is 2. The van der Waals surface area contributed by atoms with Gasteiger partial charge in [0.05, 0.1) is 0 Å². The smallest absolute Gasteiger partial charge is 0.200 e. The zero-order valence-corrected chi connectivity index (χ0v) is 13.4. The Balaban J connectivity index is 2.28. The maximum Gasteiger partial charge on any atom is 0.200 e. The Kier molecular flexibility index (Phi) is 4.46. The monoisotopic (exact) mass is 282 g/mol. The van der Waals surface area contributed by atoms with Gasteiger partial charge in [-0.1, -0.05) is 18.2 Å². The van der Waals surface area contributed by atoms with Crippen LogP contribution >= 0.6 is 0 Å². The van der Waals surface area contributed by atoms with Gasteiger partial charge >= 0.3 is 0 Å². The van der Waals surface area contributed by atoms with Crippen molar-refractivity contribution < 1.29 is 9.53 Å². The molecule has 0 aromatic heterocycles. The van der Waals surface area contributed by atoms with Gasteiger partial charge in [-0.25, -0.2) is 0 Å². The minimum Gasteiger partial charge on any atom is -0.485 e. The molecule has 0 saturated heterocycles. The fraction of sp³-hybridized carbons (Fsp3) is 0.316. The Morgan fingerprint density at radius 1 is 0.810 bits per heavy atom. The molecule has 0 fully saturated rings. The van der Waals surface area contributed by atoms with Crippen LogP contribution in [-0.4, -0.2) is 12.4 Å². The molecule has 0 amide bonds. The van der Waals surface area contributed by atoms with E-state index >= 15 is 0 Å². The third kappa shape index (κ3) is 2.99. The van der Waals surface area contributed by atoms with Crippen LogP contribution in [0.15, 0.2) is 30.3 Å². The summed E-state index contributed by atoms with van der Waals surface area (Å²) in [7, 11) is 0. The molecule has 0 bridgehead atoms. The molecular weight excluding hydrogens is 260 g/mol. The molecule has 0 aliphatic heterocycles. The van der Waals surface area contributed by atoms with E-state index in [1.807, 2.05) is 44.2 Å². The average Bonchev–Trinajstić information content (AvgIpc) is 2.50. The van der Waals surface area contributed by atoms with Gasteiger partial charge in [0.25, 0.3) is 0 Å². The summed E-state index contributed by atoms with van der Waals surface area (Å²) in [6, 6.07) is 9.44. The molecule has 0 aliphatic rings. The van der Waals surface area contributed by atoms with E-state index in [0.29, 0.717) is 0 Å². The molecule has 0 aliphatic carbocycles. The lowest BCUT2D eigenvalue weighted by Gasteiger charge is -2.18. The molecule has 0 spiro atoms. The number of rotatable bonds is 4. The number of benzene rings is 2. The van der Waals surface area contributed by atoms with Crippen LogP contribution in [-0.2, 0) is 0 Å². The maximum atomic E-state index is 12.6. The number of para-hydroxylation sites is 1. The molecule has 0 heterocycles. The van der Waals surface area contributed by atoms with Gasteiger partial charge in [-0.2, -0.15) is 0 Å². The molecule has 0 unspecified atom stereocenters. The first kappa shape index (κ1) is 15.3. The van der Waals surface area contributed by atoms with E-state index in [2.05, 4.69) is 20.8 Å². The Hall–Kier alpha value is -2.09. The van der Waals surface area contributed by atoms with Crippen molar-refractivity contribution >= 4 is 5.78 Å². The lowest BCUT2D eigenvalue weighted by molar-refractivity contribution is 0.0920. The second kappa shape index (κ2) is 6.13. The van der Waals surface area contributed by atoms with Gasteiger partial charge < -0.3 is 4.74 Å². The minimum atomic E-state index is 0.0417. The molecule has 2 aromatic rings. The van der Waals surface area contributed by atoms with E-state index in [1.165, 1.54) is 16.7 Å². The topological polar surface area (TPSA) is 26.3 Å². The fourth-order valence-electron chi connectivity index (χ4n) is 2.66. The van der Waals surface area contributed by atoms with E-state index in [9.17, 15) is 4.79 Å². The Morgan fingerprint density at radius 2 is 1.29 bits per heavy atom. The number of hydrogen-bond donors (Lipinski definition) is 0. The zero-order chi connectivity index (χ0) is 15.6. The van der Waals surface area contributed by atoms with Crippen LogP contribution in [0.4, 0.5) is 0 Å². The number of carbonyl (C=O) groups excluding carboxylic acids is 1. The lowest BCUT2D eigenvalue weighted by Crippen LogP contribution is -2.16. The standard InChI is InChI=1S/C19H22O2/c1-12-13(2)15(4)19(16(5)14(12)3)18(20)11-21-17-9-7-6-8-10-17/h6-10H,11H2,1-5H3. The number of Topliss-reactive ketones (excluding diaryl/α,β-unsaturated/α-hetero) is 1. The quantitative estimate of drug-likeness (QED) is 0.772. The van der Waals surface area contributed by atoms with E-state index in [1.54, 1.807) is 0 Å². The van der Waals surface area contributed by atoms with E-state index in [-0.39, 0.29) is 12.4 Å². The van der Waals surface area contributed by atoms with Crippen molar-refractivity contribution in [3.05, 3.63) is 63.7 Å². The van der Waals surface area contributed by atoms with Gasteiger partial charge in [0.1, 0.15) is 5.75 Å². The van der Waals surface area contributed by atoms with Gasteiger partial charge in [0, 0.05) is 5.56 Å². The Bertz CT molecular complexity index is 641. The zero-order valence-electron chi connectivity index (χ0n) is 13.4. The van der Waals surface area contributed by atoms with Crippen molar-refractivity contribution in [2.75, 3.05) is 6.61 Å². The molecule has 0 N–H and O–H groups in total. The third-order valence-corrected chi connectivity index (χ3v) is 4.39. The molecular formula is C19H22O2. The highest BCUT2D eigenvalue weighted by Gasteiger charge is 2.18. The van der Waals surface area contributed by atoms with Crippen molar-refractivity contribution in [1.82, 2.24) is 0 Å². The van der Waals surface area contributed by atoms with E-state index in [0.717, 1.165) is 22.4 Å². The van der Waals surface area contributed by atoms with Gasteiger partial charge in [-0.3, -0.25) is 4.79 Å². The predicted molar refractivity (Wildman–Crippen MR) is 86.4 cm³/mol. The summed E-state index contributed by atoms with van der Waals surface area (Å²) >= 11 is 0. The predicted octanol–water partition coefficient (Wildman–Crippen LogP) is 4.49. The SMILES string of the molecule is Cc1c(C)c(C)c(C(=O)COc2ccccc2)c(C)c1C. The third-order valence-electron chi connectivity index (χ3n) is 4.39. The van der Waals surface area contributed by atoms with Gasteiger partial charge in [0.2, 0.25) is 5.78 Å². The number of ketones is 1.